The smallest absolute Gasteiger partial charge is 0.317 e. The third kappa shape index (κ3) is 3.55. The van der Waals surface area contributed by atoms with Gasteiger partial charge in [0, 0.05) is 32.2 Å². The van der Waals surface area contributed by atoms with E-state index in [1.807, 2.05) is 32.6 Å². The Morgan fingerprint density at radius 2 is 1.78 bits per heavy atom. The Morgan fingerprint density at radius 1 is 1.28 bits per heavy atom. The molecule has 0 spiro atoms. The van der Waals surface area contributed by atoms with Gasteiger partial charge in [0.2, 0.25) is 0 Å². The van der Waals surface area contributed by atoms with E-state index in [2.05, 4.69) is 10.2 Å². The summed E-state index contributed by atoms with van der Waals surface area (Å²) >= 11 is 5.09. The van der Waals surface area contributed by atoms with E-state index < -0.39 is 0 Å². The van der Waals surface area contributed by atoms with Crippen molar-refractivity contribution in [2.24, 2.45) is 5.73 Å². The zero-order valence-electron chi connectivity index (χ0n) is 11.7. The minimum Gasteiger partial charge on any atom is -0.392 e. The van der Waals surface area contributed by atoms with Crippen molar-refractivity contribution in [1.29, 1.82) is 0 Å². The Bertz CT molecular complexity index is 322. The minimum atomic E-state index is -0.282. The van der Waals surface area contributed by atoms with E-state index in [9.17, 15) is 4.79 Å². The van der Waals surface area contributed by atoms with Gasteiger partial charge in [-0.2, -0.15) is 0 Å². The van der Waals surface area contributed by atoms with Crippen LogP contribution in [-0.2, 0) is 0 Å². The van der Waals surface area contributed by atoms with E-state index in [0.717, 1.165) is 13.1 Å². The quantitative estimate of drug-likeness (QED) is 0.746. The summed E-state index contributed by atoms with van der Waals surface area (Å²) in [6.45, 7) is 11.0. The summed E-state index contributed by atoms with van der Waals surface area (Å²) in [6, 6.07) is 0.182. The molecule has 0 saturated carbocycles. The molecule has 1 saturated heterocycles. The van der Waals surface area contributed by atoms with Crippen LogP contribution >= 0.6 is 12.2 Å². The summed E-state index contributed by atoms with van der Waals surface area (Å²) < 4.78 is 0. The van der Waals surface area contributed by atoms with E-state index in [0.29, 0.717) is 18.1 Å². The zero-order valence-corrected chi connectivity index (χ0v) is 12.5. The molecule has 5 nitrogen and oxygen atoms in total. The number of thiocarbonyl (C=S) groups is 1. The Balaban J connectivity index is 2.51. The average molecular weight is 272 g/mol. The van der Waals surface area contributed by atoms with Gasteiger partial charge in [-0.25, -0.2) is 4.79 Å². The van der Waals surface area contributed by atoms with Crippen molar-refractivity contribution < 1.29 is 4.79 Å². The Morgan fingerprint density at radius 3 is 2.17 bits per heavy atom. The van der Waals surface area contributed by atoms with Crippen molar-refractivity contribution >= 4 is 23.2 Å². The van der Waals surface area contributed by atoms with Crippen LogP contribution in [0.4, 0.5) is 4.79 Å². The maximum atomic E-state index is 11.8. The predicted molar refractivity (Wildman–Crippen MR) is 77.7 cm³/mol. The van der Waals surface area contributed by atoms with E-state index in [1.165, 1.54) is 0 Å². The largest absolute Gasteiger partial charge is 0.392 e. The predicted octanol–water partition coefficient (Wildman–Crippen LogP) is 0.787. The zero-order chi connectivity index (χ0) is 13.9. The van der Waals surface area contributed by atoms with Crippen molar-refractivity contribution in [3.8, 4) is 0 Å². The number of amides is 2. The van der Waals surface area contributed by atoms with Gasteiger partial charge >= 0.3 is 6.03 Å². The highest BCUT2D eigenvalue weighted by Gasteiger charge is 2.33. The van der Waals surface area contributed by atoms with Crippen LogP contribution in [0.25, 0.3) is 0 Å². The summed E-state index contributed by atoms with van der Waals surface area (Å²) in [5.41, 5.74) is 5.48. The molecular weight excluding hydrogens is 248 g/mol. The molecule has 1 aliphatic heterocycles. The molecule has 0 aromatic heterocycles. The molecule has 0 atom stereocenters. The number of nitrogens with one attached hydrogen (secondary N) is 1. The topological polar surface area (TPSA) is 61.6 Å². The van der Waals surface area contributed by atoms with Crippen molar-refractivity contribution in [1.82, 2.24) is 15.1 Å². The molecule has 1 aliphatic rings. The van der Waals surface area contributed by atoms with E-state index in [-0.39, 0.29) is 17.6 Å². The summed E-state index contributed by atoms with van der Waals surface area (Å²) in [6.07, 6.45) is 0. The summed E-state index contributed by atoms with van der Waals surface area (Å²) in [5, 5.41) is 2.91. The van der Waals surface area contributed by atoms with Gasteiger partial charge in [-0.3, -0.25) is 4.90 Å². The van der Waals surface area contributed by atoms with Crippen LogP contribution in [0.3, 0.4) is 0 Å². The number of carbonyl (C=O) groups is 1. The van der Waals surface area contributed by atoms with Crippen LogP contribution in [0.1, 0.15) is 27.7 Å². The van der Waals surface area contributed by atoms with Crippen molar-refractivity contribution in [3.63, 3.8) is 0 Å². The number of carbonyl (C=O) groups excluding carboxylic acids is 1. The van der Waals surface area contributed by atoms with Gasteiger partial charge in [0.1, 0.15) is 0 Å². The molecule has 18 heavy (non-hydrogen) atoms. The fraction of sp³-hybridized carbons (Fsp3) is 0.833. The molecule has 0 aromatic rings. The third-order valence-electron chi connectivity index (χ3n) is 3.37. The van der Waals surface area contributed by atoms with Gasteiger partial charge in [-0.05, 0) is 27.7 Å². The Kier molecular flexibility index (Phi) is 4.92. The molecule has 1 fully saturated rings. The lowest BCUT2D eigenvalue weighted by molar-refractivity contribution is 0.0975. The van der Waals surface area contributed by atoms with E-state index in [4.69, 9.17) is 18.0 Å². The SMILES string of the molecule is CC(C)NC(=O)N1CCN(C(C)(C)C(N)=S)CC1. The molecule has 104 valence electrons. The van der Waals surface area contributed by atoms with Crippen LogP contribution in [0.5, 0.6) is 0 Å². The van der Waals surface area contributed by atoms with Crippen molar-refractivity contribution in [3.05, 3.63) is 0 Å². The van der Waals surface area contributed by atoms with Crippen LogP contribution in [-0.4, -0.2) is 58.6 Å². The normalized spacial score (nSPS) is 17.9. The number of urea groups is 1. The molecule has 0 unspecified atom stereocenters. The molecule has 0 radical (unpaired) electrons. The fourth-order valence-corrected chi connectivity index (χ4v) is 2.09. The molecular formula is C12H24N4OS. The van der Waals surface area contributed by atoms with Crippen molar-refractivity contribution in [2.75, 3.05) is 26.2 Å². The highest BCUT2D eigenvalue weighted by atomic mass is 32.1. The first kappa shape index (κ1) is 15.2. The Hall–Kier alpha value is -0.880. The Labute approximate surface area is 115 Å². The maximum Gasteiger partial charge on any atom is 0.317 e. The molecule has 2 amide bonds. The summed E-state index contributed by atoms with van der Waals surface area (Å²) in [5.74, 6) is 0. The summed E-state index contributed by atoms with van der Waals surface area (Å²) in [7, 11) is 0. The standard InChI is InChI=1S/C12H24N4OS/c1-9(2)14-11(17)15-5-7-16(8-6-15)12(3,4)10(13)18/h9H,5-8H2,1-4H3,(H2,13,18)(H,14,17). The molecule has 1 heterocycles. The second kappa shape index (κ2) is 5.84. The molecule has 0 aliphatic carbocycles. The molecule has 6 heteroatoms. The second-order valence-corrected chi connectivity index (χ2v) is 5.94. The minimum absolute atomic E-state index is 0.0118. The van der Waals surface area contributed by atoms with Crippen LogP contribution in [0, 0.1) is 0 Å². The monoisotopic (exact) mass is 272 g/mol. The molecule has 3 N–H and O–H groups in total. The first-order valence-corrected chi connectivity index (χ1v) is 6.76. The lowest BCUT2D eigenvalue weighted by atomic mass is 10.0. The number of nitrogens with zero attached hydrogens (tertiary/aromatic N) is 2. The number of piperazine rings is 1. The molecule has 0 bridgehead atoms. The average Bonchev–Trinajstić information content (AvgIpc) is 2.28. The number of nitrogens with two attached hydrogens (primary N) is 1. The number of hydrogen-bond acceptors (Lipinski definition) is 3. The van der Waals surface area contributed by atoms with E-state index in [1.54, 1.807) is 0 Å². The van der Waals surface area contributed by atoms with E-state index >= 15 is 0 Å². The van der Waals surface area contributed by atoms with Gasteiger partial charge in [0.05, 0.1) is 10.5 Å². The second-order valence-electron chi connectivity index (χ2n) is 5.50. The summed E-state index contributed by atoms with van der Waals surface area (Å²) in [4.78, 5) is 16.4. The van der Waals surface area contributed by atoms with Crippen LogP contribution in [0.15, 0.2) is 0 Å². The highest BCUT2D eigenvalue weighted by Crippen LogP contribution is 2.17. The fourth-order valence-electron chi connectivity index (χ4n) is 1.96. The van der Waals surface area contributed by atoms with Gasteiger partial charge in [-0.1, -0.05) is 12.2 Å². The van der Waals surface area contributed by atoms with Gasteiger partial charge in [0.25, 0.3) is 0 Å². The lowest BCUT2D eigenvalue weighted by Crippen LogP contribution is -2.61. The number of hydrogen-bond donors (Lipinski definition) is 2. The van der Waals surface area contributed by atoms with Crippen LogP contribution < -0.4 is 11.1 Å². The molecule has 1 rings (SSSR count). The van der Waals surface area contributed by atoms with Crippen molar-refractivity contribution in [2.45, 2.75) is 39.3 Å². The maximum absolute atomic E-state index is 11.8. The first-order valence-electron chi connectivity index (χ1n) is 6.35. The molecule has 0 aromatic carbocycles. The third-order valence-corrected chi connectivity index (χ3v) is 3.87. The first-order chi connectivity index (χ1) is 8.25. The van der Waals surface area contributed by atoms with Crippen LogP contribution in [0.2, 0.25) is 0 Å². The number of rotatable bonds is 3. The highest BCUT2D eigenvalue weighted by molar-refractivity contribution is 7.80. The lowest BCUT2D eigenvalue weighted by Gasteiger charge is -2.43. The van der Waals surface area contributed by atoms with Gasteiger partial charge < -0.3 is 16.0 Å². The van der Waals surface area contributed by atoms with Gasteiger partial charge in [-0.15, -0.1) is 0 Å². The van der Waals surface area contributed by atoms with Gasteiger partial charge in [0.15, 0.2) is 0 Å².